The quantitative estimate of drug-likeness (QED) is 0.526. The lowest BCUT2D eigenvalue weighted by atomic mass is 10.3. The lowest BCUT2D eigenvalue weighted by molar-refractivity contribution is 0.591. The van der Waals surface area contributed by atoms with Gasteiger partial charge < -0.3 is 9.80 Å². The Labute approximate surface area is 163 Å². The van der Waals surface area contributed by atoms with Crippen molar-refractivity contribution < 1.29 is 8.78 Å². The van der Waals surface area contributed by atoms with Crippen LogP contribution in [-0.4, -0.2) is 50.7 Å². The van der Waals surface area contributed by atoms with Crippen molar-refractivity contribution in [3.05, 3.63) is 42.0 Å². The molecule has 0 amide bonds. The first-order valence-electron chi connectivity index (χ1n) is 9.08. The fourth-order valence-electron chi connectivity index (χ4n) is 3.52. The first kappa shape index (κ1) is 17.2. The number of thiazole rings is 1. The van der Waals surface area contributed by atoms with Crippen LogP contribution in [0.25, 0.3) is 15.9 Å². The minimum atomic E-state index is -0.620. The van der Waals surface area contributed by atoms with Crippen LogP contribution in [0.1, 0.15) is 12.7 Å². The van der Waals surface area contributed by atoms with Gasteiger partial charge in [-0.15, -0.1) is 10.2 Å². The monoisotopic (exact) mass is 401 g/mol. The number of halogens is 2. The minimum absolute atomic E-state index is 0.228. The van der Waals surface area contributed by atoms with Crippen LogP contribution in [0.4, 0.5) is 19.7 Å². The van der Waals surface area contributed by atoms with Crippen LogP contribution in [0, 0.1) is 11.6 Å². The van der Waals surface area contributed by atoms with Crippen LogP contribution in [0.3, 0.4) is 0 Å². The van der Waals surface area contributed by atoms with E-state index in [0.717, 1.165) is 42.9 Å². The molecule has 10 heteroatoms. The molecular weight excluding hydrogens is 384 g/mol. The summed E-state index contributed by atoms with van der Waals surface area (Å²) < 4.78 is 29.9. The van der Waals surface area contributed by atoms with Crippen molar-refractivity contribution in [2.45, 2.75) is 13.3 Å². The first-order valence-corrected chi connectivity index (χ1v) is 9.90. The SMILES string of the molecule is CCc1nnc2c(N3CCN(c4nc5c(F)cc(F)cc5s4)CC3)nccn12. The summed E-state index contributed by atoms with van der Waals surface area (Å²) >= 11 is 1.31. The van der Waals surface area contributed by atoms with Crippen molar-refractivity contribution in [1.82, 2.24) is 24.6 Å². The van der Waals surface area contributed by atoms with Gasteiger partial charge in [-0.25, -0.2) is 18.7 Å². The molecule has 0 radical (unpaired) electrons. The van der Waals surface area contributed by atoms with Gasteiger partial charge in [-0.3, -0.25) is 4.40 Å². The number of anilines is 2. The average Bonchev–Trinajstić information content (AvgIpc) is 3.32. The molecule has 0 atom stereocenters. The van der Waals surface area contributed by atoms with Crippen molar-refractivity contribution in [2.75, 3.05) is 36.0 Å². The molecule has 1 fully saturated rings. The summed E-state index contributed by atoms with van der Waals surface area (Å²) in [5.74, 6) is 0.516. The maximum Gasteiger partial charge on any atom is 0.203 e. The number of hydrogen-bond acceptors (Lipinski definition) is 7. The van der Waals surface area contributed by atoms with E-state index in [0.29, 0.717) is 22.9 Å². The van der Waals surface area contributed by atoms with Crippen LogP contribution >= 0.6 is 11.3 Å². The molecule has 4 heterocycles. The number of piperazine rings is 1. The predicted molar refractivity (Wildman–Crippen MR) is 104 cm³/mol. The molecular formula is C18H17F2N7S. The number of fused-ring (bicyclic) bond motifs is 2. The van der Waals surface area contributed by atoms with E-state index in [4.69, 9.17) is 0 Å². The summed E-state index contributed by atoms with van der Waals surface area (Å²) in [7, 11) is 0. The van der Waals surface area contributed by atoms with Gasteiger partial charge >= 0.3 is 0 Å². The molecule has 0 N–H and O–H groups in total. The maximum absolute atomic E-state index is 13.9. The van der Waals surface area contributed by atoms with E-state index in [1.54, 1.807) is 6.20 Å². The molecule has 1 aliphatic rings. The van der Waals surface area contributed by atoms with E-state index in [1.165, 1.54) is 17.4 Å². The standard InChI is InChI=1S/C18H17F2N7S/c1-2-14-23-24-17-16(21-3-4-27(14)17)25-5-7-26(8-6-25)18-22-15-12(20)9-11(19)10-13(15)28-18/h3-4,9-10H,2,5-8H2,1H3. The molecule has 1 aromatic carbocycles. The van der Waals surface area contributed by atoms with E-state index in [9.17, 15) is 8.78 Å². The topological polar surface area (TPSA) is 62.5 Å². The van der Waals surface area contributed by atoms with E-state index < -0.39 is 11.6 Å². The second kappa shape index (κ2) is 6.62. The molecule has 1 saturated heterocycles. The molecule has 28 heavy (non-hydrogen) atoms. The highest BCUT2D eigenvalue weighted by Gasteiger charge is 2.24. The average molecular weight is 401 g/mol. The summed E-state index contributed by atoms with van der Waals surface area (Å²) in [5, 5.41) is 9.24. The third kappa shape index (κ3) is 2.75. The molecule has 1 aliphatic heterocycles. The zero-order chi connectivity index (χ0) is 19.3. The number of nitrogens with zero attached hydrogens (tertiary/aromatic N) is 7. The van der Waals surface area contributed by atoms with Crippen LogP contribution in [-0.2, 0) is 6.42 Å². The van der Waals surface area contributed by atoms with Crippen molar-refractivity contribution in [2.24, 2.45) is 0 Å². The van der Waals surface area contributed by atoms with Crippen molar-refractivity contribution >= 4 is 38.2 Å². The number of rotatable bonds is 3. The molecule has 7 nitrogen and oxygen atoms in total. The highest BCUT2D eigenvalue weighted by molar-refractivity contribution is 7.22. The van der Waals surface area contributed by atoms with Gasteiger partial charge in [0, 0.05) is 51.1 Å². The summed E-state index contributed by atoms with van der Waals surface area (Å²) in [4.78, 5) is 13.2. The van der Waals surface area contributed by atoms with Crippen LogP contribution in [0.5, 0.6) is 0 Å². The molecule has 4 aromatic rings. The summed E-state index contributed by atoms with van der Waals surface area (Å²) in [6.45, 7) is 4.92. The Morgan fingerprint density at radius 3 is 2.64 bits per heavy atom. The van der Waals surface area contributed by atoms with Crippen LogP contribution < -0.4 is 9.80 Å². The lowest BCUT2D eigenvalue weighted by Gasteiger charge is -2.35. The Balaban J connectivity index is 1.38. The van der Waals surface area contributed by atoms with Gasteiger partial charge in [0.2, 0.25) is 5.65 Å². The van der Waals surface area contributed by atoms with E-state index >= 15 is 0 Å². The van der Waals surface area contributed by atoms with Crippen molar-refractivity contribution in [3.63, 3.8) is 0 Å². The molecule has 0 saturated carbocycles. The molecule has 3 aromatic heterocycles. The predicted octanol–water partition coefficient (Wildman–Crippen LogP) is 2.90. The highest BCUT2D eigenvalue weighted by atomic mass is 32.1. The van der Waals surface area contributed by atoms with Crippen LogP contribution in [0.2, 0.25) is 0 Å². The Morgan fingerprint density at radius 1 is 1.07 bits per heavy atom. The second-order valence-electron chi connectivity index (χ2n) is 6.62. The molecule has 144 valence electrons. The minimum Gasteiger partial charge on any atom is -0.350 e. The molecule has 0 spiro atoms. The fraction of sp³-hybridized carbons (Fsp3) is 0.333. The zero-order valence-corrected chi connectivity index (χ0v) is 16.0. The lowest BCUT2D eigenvalue weighted by Crippen LogP contribution is -2.47. The van der Waals surface area contributed by atoms with Gasteiger partial charge in [-0.05, 0) is 6.07 Å². The normalized spacial score (nSPS) is 15.1. The molecule has 0 unspecified atom stereocenters. The molecule has 0 aliphatic carbocycles. The Morgan fingerprint density at radius 2 is 1.86 bits per heavy atom. The zero-order valence-electron chi connectivity index (χ0n) is 15.1. The number of hydrogen-bond donors (Lipinski definition) is 0. The Hall–Kier alpha value is -2.88. The third-order valence-electron chi connectivity index (χ3n) is 4.95. The Kier molecular flexibility index (Phi) is 4.08. The molecule has 5 rings (SSSR count). The van der Waals surface area contributed by atoms with Gasteiger partial charge in [0.25, 0.3) is 0 Å². The summed E-state index contributed by atoms with van der Waals surface area (Å²) in [6.07, 6.45) is 4.44. The first-order chi connectivity index (χ1) is 13.6. The van der Waals surface area contributed by atoms with E-state index in [-0.39, 0.29) is 5.52 Å². The third-order valence-corrected chi connectivity index (χ3v) is 6.01. The maximum atomic E-state index is 13.9. The van der Waals surface area contributed by atoms with Gasteiger partial charge in [-0.1, -0.05) is 18.3 Å². The van der Waals surface area contributed by atoms with Crippen LogP contribution in [0.15, 0.2) is 24.5 Å². The number of aromatic nitrogens is 5. The Bertz CT molecular complexity index is 1160. The van der Waals surface area contributed by atoms with Crippen molar-refractivity contribution in [1.29, 1.82) is 0 Å². The van der Waals surface area contributed by atoms with Gasteiger partial charge in [0.05, 0.1) is 4.70 Å². The van der Waals surface area contributed by atoms with E-state index in [1.807, 2.05) is 17.5 Å². The van der Waals surface area contributed by atoms with Gasteiger partial charge in [0.15, 0.2) is 16.8 Å². The van der Waals surface area contributed by atoms with Gasteiger partial charge in [-0.2, -0.15) is 0 Å². The smallest absolute Gasteiger partial charge is 0.203 e. The fourth-order valence-corrected chi connectivity index (χ4v) is 4.57. The van der Waals surface area contributed by atoms with Gasteiger partial charge in [0.1, 0.15) is 17.2 Å². The number of benzene rings is 1. The molecule has 0 bridgehead atoms. The highest BCUT2D eigenvalue weighted by Crippen LogP contribution is 2.32. The summed E-state index contributed by atoms with van der Waals surface area (Å²) in [5.41, 5.74) is 0.983. The van der Waals surface area contributed by atoms with E-state index in [2.05, 4.69) is 30.0 Å². The second-order valence-corrected chi connectivity index (χ2v) is 7.63. The number of aryl methyl sites for hydroxylation is 1. The largest absolute Gasteiger partial charge is 0.350 e. The van der Waals surface area contributed by atoms with Crippen molar-refractivity contribution in [3.8, 4) is 0 Å². The summed E-state index contributed by atoms with van der Waals surface area (Å²) in [6, 6.07) is 2.20.